The average Bonchev–Trinajstić information content (AvgIpc) is 2.33. The smallest absolute Gasteiger partial charge is 0.234 e. The molecule has 21 heavy (non-hydrogen) atoms. The van der Waals surface area contributed by atoms with E-state index >= 15 is 0 Å². The SMILES string of the molecule is CC(C)N(CC(N)=O)CC(=O)NCc1cc(F)cc(F)c1. The van der Waals surface area contributed by atoms with Crippen molar-refractivity contribution in [1.82, 2.24) is 10.2 Å². The van der Waals surface area contributed by atoms with Gasteiger partial charge in [0.1, 0.15) is 11.6 Å². The van der Waals surface area contributed by atoms with Gasteiger partial charge in [-0.15, -0.1) is 0 Å². The van der Waals surface area contributed by atoms with Crippen molar-refractivity contribution in [2.24, 2.45) is 5.73 Å². The zero-order chi connectivity index (χ0) is 16.0. The van der Waals surface area contributed by atoms with Crippen molar-refractivity contribution in [3.63, 3.8) is 0 Å². The summed E-state index contributed by atoms with van der Waals surface area (Å²) in [6.45, 7) is 3.63. The van der Waals surface area contributed by atoms with Gasteiger partial charge in [0, 0.05) is 18.7 Å². The summed E-state index contributed by atoms with van der Waals surface area (Å²) in [7, 11) is 0. The standard InChI is InChI=1S/C14H19F2N3O2/c1-9(2)19(7-13(17)20)8-14(21)18-6-10-3-11(15)5-12(16)4-10/h3-5,9H,6-8H2,1-2H3,(H2,17,20)(H,18,21). The summed E-state index contributed by atoms with van der Waals surface area (Å²) >= 11 is 0. The van der Waals surface area contributed by atoms with Gasteiger partial charge in [-0.25, -0.2) is 8.78 Å². The number of nitrogens with two attached hydrogens (primary N) is 1. The molecule has 7 heteroatoms. The van der Waals surface area contributed by atoms with Gasteiger partial charge in [0.15, 0.2) is 0 Å². The fourth-order valence-electron chi connectivity index (χ4n) is 1.78. The van der Waals surface area contributed by atoms with Crippen molar-refractivity contribution in [2.75, 3.05) is 13.1 Å². The molecule has 1 aromatic carbocycles. The Morgan fingerprint density at radius 3 is 2.24 bits per heavy atom. The van der Waals surface area contributed by atoms with Crippen LogP contribution in [0.1, 0.15) is 19.4 Å². The summed E-state index contributed by atoms with van der Waals surface area (Å²) in [5.74, 6) is -2.27. The van der Waals surface area contributed by atoms with Crippen molar-refractivity contribution >= 4 is 11.8 Å². The molecule has 0 radical (unpaired) electrons. The van der Waals surface area contributed by atoms with Crippen LogP contribution in [0.4, 0.5) is 8.78 Å². The molecule has 0 heterocycles. The lowest BCUT2D eigenvalue weighted by molar-refractivity contribution is -0.124. The first kappa shape index (κ1) is 17.0. The third kappa shape index (κ3) is 6.31. The van der Waals surface area contributed by atoms with Crippen LogP contribution >= 0.6 is 0 Å². The van der Waals surface area contributed by atoms with Crippen LogP contribution in [0.3, 0.4) is 0 Å². The Morgan fingerprint density at radius 2 is 1.76 bits per heavy atom. The van der Waals surface area contributed by atoms with E-state index in [4.69, 9.17) is 5.73 Å². The lowest BCUT2D eigenvalue weighted by atomic mass is 10.2. The Labute approximate surface area is 122 Å². The van der Waals surface area contributed by atoms with Crippen molar-refractivity contribution in [1.29, 1.82) is 0 Å². The van der Waals surface area contributed by atoms with Gasteiger partial charge in [0.2, 0.25) is 11.8 Å². The van der Waals surface area contributed by atoms with Crippen LogP contribution < -0.4 is 11.1 Å². The number of halogens is 2. The number of carbonyl (C=O) groups excluding carboxylic acids is 2. The molecule has 0 fully saturated rings. The summed E-state index contributed by atoms with van der Waals surface area (Å²) in [5.41, 5.74) is 5.44. The topological polar surface area (TPSA) is 75.4 Å². The normalized spacial score (nSPS) is 11.0. The molecule has 1 rings (SSSR count). The molecule has 3 N–H and O–H groups in total. The zero-order valence-corrected chi connectivity index (χ0v) is 12.0. The molecule has 0 unspecified atom stereocenters. The van der Waals surface area contributed by atoms with Crippen molar-refractivity contribution in [3.8, 4) is 0 Å². The first-order valence-corrected chi connectivity index (χ1v) is 6.52. The van der Waals surface area contributed by atoms with E-state index in [1.165, 1.54) is 0 Å². The van der Waals surface area contributed by atoms with E-state index in [0.29, 0.717) is 5.56 Å². The average molecular weight is 299 g/mol. The minimum atomic E-state index is -0.697. The van der Waals surface area contributed by atoms with Crippen molar-refractivity contribution in [3.05, 3.63) is 35.4 Å². The number of nitrogens with zero attached hydrogens (tertiary/aromatic N) is 1. The molecule has 0 aromatic heterocycles. The number of nitrogens with one attached hydrogen (secondary N) is 1. The second-order valence-corrected chi connectivity index (χ2v) is 5.02. The molecule has 0 bridgehead atoms. The van der Waals surface area contributed by atoms with Crippen LogP contribution in [0, 0.1) is 11.6 Å². The molecule has 0 spiro atoms. The molecule has 0 aliphatic rings. The molecule has 2 amide bonds. The predicted octanol–water partition coefficient (Wildman–Crippen LogP) is 0.777. The van der Waals surface area contributed by atoms with E-state index in [1.54, 1.807) is 4.90 Å². The highest BCUT2D eigenvalue weighted by atomic mass is 19.1. The van der Waals surface area contributed by atoms with Gasteiger partial charge in [-0.3, -0.25) is 14.5 Å². The largest absolute Gasteiger partial charge is 0.369 e. The van der Waals surface area contributed by atoms with Crippen LogP contribution in [0.15, 0.2) is 18.2 Å². The van der Waals surface area contributed by atoms with E-state index in [1.807, 2.05) is 13.8 Å². The van der Waals surface area contributed by atoms with Gasteiger partial charge in [0.25, 0.3) is 0 Å². The van der Waals surface area contributed by atoms with E-state index < -0.39 is 17.5 Å². The monoisotopic (exact) mass is 299 g/mol. The summed E-state index contributed by atoms with van der Waals surface area (Å²) < 4.78 is 26.0. The second kappa shape index (κ2) is 7.68. The molecule has 1 aromatic rings. The molecule has 116 valence electrons. The van der Waals surface area contributed by atoms with E-state index in [9.17, 15) is 18.4 Å². The highest BCUT2D eigenvalue weighted by Gasteiger charge is 2.16. The third-order valence-corrected chi connectivity index (χ3v) is 2.85. The minimum Gasteiger partial charge on any atom is -0.369 e. The number of carbonyl (C=O) groups is 2. The summed E-state index contributed by atoms with van der Waals surface area (Å²) in [5, 5.41) is 2.55. The van der Waals surface area contributed by atoms with Gasteiger partial charge in [-0.2, -0.15) is 0 Å². The summed E-state index contributed by atoms with van der Waals surface area (Å²) in [6.07, 6.45) is 0. The maximum Gasteiger partial charge on any atom is 0.234 e. The van der Waals surface area contributed by atoms with E-state index in [0.717, 1.165) is 18.2 Å². The molecule has 0 saturated carbocycles. The first-order valence-electron chi connectivity index (χ1n) is 6.52. The molecule has 0 aliphatic heterocycles. The molecular formula is C14H19F2N3O2. The van der Waals surface area contributed by atoms with Gasteiger partial charge in [-0.05, 0) is 31.5 Å². The number of hydrogen-bond acceptors (Lipinski definition) is 3. The van der Waals surface area contributed by atoms with Crippen LogP contribution in [-0.4, -0.2) is 35.8 Å². The molecule has 0 aliphatic carbocycles. The maximum atomic E-state index is 13.0. The highest BCUT2D eigenvalue weighted by molar-refractivity contribution is 5.80. The van der Waals surface area contributed by atoms with Crippen LogP contribution in [-0.2, 0) is 16.1 Å². The zero-order valence-electron chi connectivity index (χ0n) is 12.0. The van der Waals surface area contributed by atoms with E-state index in [2.05, 4.69) is 5.32 Å². The lowest BCUT2D eigenvalue weighted by Gasteiger charge is -2.24. The number of hydrogen-bond donors (Lipinski definition) is 2. The lowest BCUT2D eigenvalue weighted by Crippen LogP contribution is -2.44. The Hall–Kier alpha value is -2.02. The molecule has 0 atom stereocenters. The molecule has 5 nitrogen and oxygen atoms in total. The van der Waals surface area contributed by atoms with Gasteiger partial charge >= 0.3 is 0 Å². The maximum absolute atomic E-state index is 13.0. The van der Waals surface area contributed by atoms with Crippen molar-refractivity contribution in [2.45, 2.75) is 26.4 Å². The summed E-state index contributed by atoms with van der Waals surface area (Å²) in [4.78, 5) is 24.3. The van der Waals surface area contributed by atoms with Gasteiger partial charge < -0.3 is 11.1 Å². The molecule has 0 saturated heterocycles. The van der Waals surface area contributed by atoms with Gasteiger partial charge in [0.05, 0.1) is 13.1 Å². The van der Waals surface area contributed by atoms with Crippen LogP contribution in [0.2, 0.25) is 0 Å². The second-order valence-electron chi connectivity index (χ2n) is 5.02. The Balaban J connectivity index is 2.54. The molecular weight excluding hydrogens is 280 g/mol. The predicted molar refractivity (Wildman–Crippen MR) is 74.1 cm³/mol. The number of primary amides is 1. The van der Waals surface area contributed by atoms with E-state index in [-0.39, 0.29) is 31.6 Å². The fraction of sp³-hybridized carbons (Fsp3) is 0.429. The quantitative estimate of drug-likeness (QED) is 0.781. The third-order valence-electron chi connectivity index (χ3n) is 2.85. The Kier molecular flexibility index (Phi) is 6.23. The minimum absolute atomic E-state index is 0.00994. The number of benzene rings is 1. The van der Waals surface area contributed by atoms with Crippen molar-refractivity contribution < 1.29 is 18.4 Å². The van der Waals surface area contributed by atoms with Crippen LogP contribution in [0.25, 0.3) is 0 Å². The summed E-state index contributed by atoms with van der Waals surface area (Å²) in [6, 6.07) is 3.02. The van der Waals surface area contributed by atoms with Crippen LogP contribution in [0.5, 0.6) is 0 Å². The number of rotatable bonds is 7. The Bertz CT molecular complexity index is 501. The highest BCUT2D eigenvalue weighted by Crippen LogP contribution is 2.07. The number of amides is 2. The fourth-order valence-corrected chi connectivity index (χ4v) is 1.78. The van der Waals surface area contributed by atoms with Gasteiger partial charge in [-0.1, -0.05) is 0 Å². The first-order chi connectivity index (χ1) is 9.77. The Morgan fingerprint density at radius 1 is 1.19 bits per heavy atom.